The van der Waals surface area contributed by atoms with Gasteiger partial charge in [-0.25, -0.2) is 4.79 Å². The van der Waals surface area contributed by atoms with Crippen molar-refractivity contribution in [2.24, 2.45) is 0 Å². The number of carbonyl (C=O) groups is 1. The fourth-order valence-corrected chi connectivity index (χ4v) is 2.06. The topological polar surface area (TPSA) is 44.8 Å². The first kappa shape index (κ1) is 15.9. The number of carbonyl (C=O) groups excluding carboxylic acids is 1. The average molecular weight is 319 g/mol. The lowest BCUT2D eigenvalue weighted by atomic mass is 10.1. The van der Waals surface area contributed by atoms with Gasteiger partial charge in [0.15, 0.2) is 11.5 Å². The Morgan fingerprint density at radius 3 is 2.55 bits per heavy atom. The number of para-hydroxylation sites is 1. The van der Waals surface area contributed by atoms with Gasteiger partial charge < -0.3 is 14.2 Å². The number of esters is 1. The summed E-state index contributed by atoms with van der Waals surface area (Å²) in [5.41, 5.74) is 0.713. The predicted octanol–water partition coefficient (Wildman–Crippen LogP) is 3.98. The Bertz CT molecular complexity index is 695. The minimum absolute atomic E-state index is 0.389. The van der Waals surface area contributed by atoms with E-state index in [1.165, 1.54) is 6.08 Å². The lowest BCUT2D eigenvalue weighted by Crippen LogP contribution is -2.03. The van der Waals surface area contributed by atoms with E-state index in [-0.39, 0.29) is 0 Å². The fraction of sp³-hybridized carbons (Fsp3) is 0.118. The Morgan fingerprint density at radius 1 is 1.09 bits per heavy atom. The highest BCUT2D eigenvalue weighted by Crippen LogP contribution is 2.31. The molecule has 0 aliphatic rings. The van der Waals surface area contributed by atoms with Gasteiger partial charge in [0, 0.05) is 16.7 Å². The van der Waals surface area contributed by atoms with Crippen molar-refractivity contribution < 1.29 is 19.0 Å². The van der Waals surface area contributed by atoms with E-state index in [1.807, 2.05) is 12.1 Å². The molecule has 0 bridgehead atoms. The van der Waals surface area contributed by atoms with Gasteiger partial charge >= 0.3 is 5.97 Å². The van der Waals surface area contributed by atoms with E-state index in [0.29, 0.717) is 27.8 Å². The number of hydrogen-bond donors (Lipinski definition) is 0. The lowest BCUT2D eigenvalue weighted by molar-refractivity contribution is -0.128. The molecule has 0 aliphatic heterocycles. The number of methoxy groups -OCH3 is 2. The molecule has 0 spiro atoms. The van der Waals surface area contributed by atoms with Crippen LogP contribution in [-0.2, 0) is 4.79 Å². The molecule has 5 heteroatoms. The lowest BCUT2D eigenvalue weighted by Gasteiger charge is -2.09. The molecule has 22 heavy (non-hydrogen) atoms. The monoisotopic (exact) mass is 318 g/mol. The van der Waals surface area contributed by atoms with Crippen LogP contribution < -0.4 is 14.2 Å². The second-order valence-corrected chi connectivity index (χ2v) is 4.73. The summed E-state index contributed by atoms with van der Waals surface area (Å²) in [5, 5.41) is 0.503. The van der Waals surface area contributed by atoms with Crippen LogP contribution in [0, 0.1) is 0 Å². The number of hydrogen-bond acceptors (Lipinski definition) is 4. The van der Waals surface area contributed by atoms with Crippen molar-refractivity contribution in [1.29, 1.82) is 0 Å². The van der Waals surface area contributed by atoms with E-state index in [1.54, 1.807) is 50.6 Å². The molecule has 0 saturated heterocycles. The molecule has 2 rings (SSSR count). The third-order valence-electron chi connectivity index (χ3n) is 2.85. The molecule has 0 fully saturated rings. The van der Waals surface area contributed by atoms with Crippen LogP contribution in [0.15, 0.2) is 48.5 Å². The van der Waals surface area contributed by atoms with E-state index in [2.05, 4.69) is 0 Å². The first-order chi connectivity index (χ1) is 10.6. The van der Waals surface area contributed by atoms with Gasteiger partial charge in [0.05, 0.1) is 14.2 Å². The molecule has 0 aliphatic carbocycles. The highest BCUT2D eigenvalue weighted by atomic mass is 35.5. The maximum Gasteiger partial charge on any atom is 0.336 e. The standard InChI is InChI=1S/C17H15ClO4/c1-20-15-8-3-5-12(17(15)21-2)9-10-16(19)22-14-7-4-6-13(18)11-14/h3-11H,1-2H3. The highest BCUT2D eigenvalue weighted by Gasteiger charge is 2.08. The minimum Gasteiger partial charge on any atom is -0.493 e. The Morgan fingerprint density at radius 2 is 1.86 bits per heavy atom. The molecular weight excluding hydrogens is 304 g/mol. The van der Waals surface area contributed by atoms with Crippen LogP contribution in [0.1, 0.15) is 5.56 Å². The summed E-state index contributed by atoms with van der Waals surface area (Å²) in [5.74, 6) is 1.02. The van der Waals surface area contributed by atoms with Crippen LogP contribution in [0.4, 0.5) is 0 Å². The van der Waals surface area contributed by atoms with Gasteiger partial charge in [0.2, 0.25) is 0 Å². The Kier molecular flexibility index (Phi) is 5.44. The van der Waals surface area contributed by atoms with Crippen LogP contribution in [0.2, 0.25) is 5.02 Å². The summed E-state index contributed by atoms with van der Waals surface area (Å²) < 4.78 is 15.7. The van der Waals surface area contributed by atoms with Gasteiger partial charge in [-0.2, -0.15) is 0 Å². The molecule has 0 saturated carbocycles. The zero-order chi connectivity index (χ0) is 15.9. The van der Waals surface area contributed by atoms with Gasteiger partial charge in [-0.15, -0.1) is 0 Å². The van der Waals surface area contributed by atoms with Crippen molar-refractivity contribution in [2.45, 2.75) is 0 Å². The predicted molar refractivity (Wildman–Crippen MR) is 85.7 cm³/mol. The van der Waals surface area contributed by atoms with E-state index in [4.69, 9.17) is 25.8 Å². The molecule has 114 valence electrons. The van der Waals surface area contributed by atoms with Crippen molar-refractivity contribution in [3.63, 3.8) is 0 Å². The van der Waals surface area contributed by atoms with Gasteiger partial charge in [-0.05, 0) is 30.3 Å². The number of rotatable bonds is 5. The summed E-state index contributed by atoms with van der Waals surface area (Å²) in [6.45, 7) is 0. The summed E-state index contributed by atoms with van der Waals surface area (Å²) in [6, 6.07) is 12.0. The largest absolute Gasteiger partial charge is 0.493 e. The normalized spacial score (nSPS) is 10.5. The van der Waals surface area contributed by atoms with Gasteiger partial charge in [0.1, 0.15) is 5.75 Å². The molecule has 0 N–H and O–H groups in total. The SMILES string of the molecule is COc1cccc(C=CC(=O)Oc2cccc(Cl)c2)c1OC. The molecule has 0 amide bonds. The molecule has 0 unspecified atom stereocenters. The van der Waals surface area contributed by atoms with Crippen molar-refractivity contribution in [3.05, 3.63) is 59.1 Å². The molecule has 0 heterocycles. The second kappa shape index (κ2) is 7.52. The first-order valence-corrected chi connectivity index (χ1v) is 6.88. The van der Waals surface area contributed by atoms with Crippen LogP contribution in [-0.4, -0.2) is 20.2 Å². The average Bonchev–Trinajstić information content (AvgIpc) is 2.52. The van der Waals surface area contributed by atoms with Crippen molar-refractivity contribution >= 4 is 23.6 Å². The van der Waals surface area contributed by atoms with Crippen molar-refractivity contribution in [1.82, 2.24) is 0 Å². The smallest absolute Gasteiger partial charge is 0.336 e. The van der Waals surface area contributed by atoms with Gasteiger partial charge in [-0.1, -0.05) is 29.8 Å². The Labute approximate surface area is 133 Å². The highest BCUT2D eigenvalue weighted by molar-refractivity contribution is 6.30. The molecule has 2 aromatic carbocycles. The van der Waals surface area contributed by atoms with E-state index < -0.39 is 5.97 Å². The quantitative estimate of drug-likeness (QED) is 0.475. The van der Waals surface area contributed by atoms with Crippen LogP contribution in [0.5, 0.6) is 17.2 Å². The molecule has 4 nitrogen and oxygen atoms in total. The maximum atomic E-state index is 11.8. The fourth-order valence-electron chi connectivity index (χ4n) is 1.88. The molecule has 0 radical (unpaired) electrons. The molecule has 2 aromatic rings. The zero-order valence-electron chi connectivity index (χ0n) is 12.2. The number of ether oxygens (including phenoxy) is 3. The Hall–Kier alpha value is -2.46. The van der Waals surface area contributed by atoms with E-state index >= 15 is 0 Å². The molecular formula is C17H15ClO4. The van der Waals surface area contributed by atoms with Crippen LogP contribution in [0.25, 0.3) is 6.08 Å². The third kappa shape index (κ3) is 4.02. The Balaban J connectivity index is 2.13. The summed E-state index contributed by atoms with van der Waals surface area (Å²) in [6.07, 6.45) is 2.92. The van der Waals surface area contributed by atoms with Crippen LogP contribution in [0.3, 0.4) is 0 Å². The second-order valence-electron chi connectivity index (χ2n) is 4.29. The first-order valence-electron chi connectivity index (χ1n) is 6.50. The summed E-state index contributed by atoms with van der Waals surface area (Å²) in [4.78, 5) is 11.8. The molecule has 0 aromatic heterocycles. The summed E-state index contributed by atoms with van der Waals surface area (Å²) in [7, 11) is 3.10. The zero-order valence-corrected chi connectivity index (χ0v) is 13.0. The van der Waals surface area contributed by atoms with Crippen molar-refractivity contribution in [3.8, 4) is 17.2 Å². The number of halogens is 1. The minimum atomic E-state index is -0.507. The van der Waals surface area contributed by atoms with E-state index in [0.717, 1.165) is 0 Å². The third-order valence-corrected chi connectivity index (χ3v) is 3.08. The molecule has 0 atom stereocenters. The van der Waals surface area contributed by atoms with Crippen molar-refractivity contribution in [2.75, 3.05) is 14.2 Å². The van der Waals surface area contributed by atoms with E-state index in [9.17, 15) is 4.79 Å². The van der Waals surface area contributed by atoms with Gasteiger partial charge in [-0.3, -0.25) is 0 Å². The number of benzene rings is 2. The maximum absolute atomic E-state index is 11.8. The van der Waals surface area contributed by atoms with Crippen LogP contribution >= 0.6 is 11.6 Å². The summed E-state index contributed by atoms with van der Waals surface area (Å²) >= 11 is 5.83. The van der Waals surface area contributed by atoms with Gasteiger partial charge in [0.25, 0.3) is 0 Å².